The molecule has 8 heteroatoms. The average molecular weight is 290 g/mol. The normalized spacial score (nSPS) is 25.3. The first-order chi connectivity index (χ1) is 10.0. The van der Waals surface area contributed by atoms with Gasteiger partial charge in [0.05, 0.1) is 23.7 Å². The van der Waals surface area contributed by atoms with Crippen LogP contribution in [0, 0.1) is 12.3 Å². The molecule has 21 heavy (non-hydrogen) atoms. The fourth-order valence-electron chi connectivity index (χ4n) is 2.55. The number of rotatable bonds is 2. The molecule has 0 spiro atoms. The predicted octanol–water partition coefficient (Wildman–Crippen LogP) is -1.07. The Kier molecular flexibility index (Phi) is 3.17. The van der Waals surface area contributed by atoms with Crippen molar-refractivity contribution in [2.75, 3.05) is 12.3 Å². The van der Waals surface area contributed by atoms with Crippen molar-refractivity contribution in [3.05, 3.63) is 22.1 Å². The molecule has 110 valence electrons. The number of H-pyrrole nitrogens is 1. The first-order valence-corrected chi connectivity index (χ1v) is 6.36. The summed E-state index contributed by atoms with van der Waals surface area (Å²) in [5, 5.41) is 19.2. The average Bonchev–Trinajstić information content (AvgIpc) is 2.98. The number of aromatic nitrogens is 3. The standard InChI is InChI=1S/C13H14N4O4/c1-2-6-4-17(9-3-7(19)8(5-18)21-9)11-10(6)12(20)16-13(14)15-11/h1,4,7-9,18-19H,3,5H2,(H3,14,15,16,20). The van der Waals surface area contributed by atoms with E-state index >= 15 is 0 Å². The van der Waals surface area contributed by atoms with Crippen molar-refractivity contribution >= 4 is 17.0 Å². The zero-order valence-electron chi connectivity index (χ0n) is 11.0. The highest BCUT2D eigenvalue weighted by Crippen LogP contribution is 2.31. The zero-order chi connectivity index (χ0) is 15.1. The van der Waals surface area contributed by atoms with E-state index in [0.717, 1.165) is 0 Å². The number of aromatic amines is 1. The Morgan fingerprint density at radius 2 is 2.43 bits per heavy atom. The van der Waals surface area contributed by atoms with Crippen LogP contribution in [-0.4, -0.2) is 43.6 Å². The Hall–Kier alpha value is -2.34. The maximum absolute atomic E-state index is 12.0. The Morgan fingerprint density at radius 1 is 1.67 bits per heavy atom. The number of nitrogens with one attached hydrogen (secondary N) is 1. The van der Waals surface area contributed by atoms with Gasteiger partial charge >= 0.3 is 0 Å². The zero-order valence-corrected chi connectivity index (χ0v) is 11.0. The third-order valence-corrected chi connectivity index (χ3v) is 3.55. The van der Waals surface area contributed by atoms with Crippen LogP contribution in [0.1, 0.15) is 18.2 Å². The van der Waals surface area contributed by atoms with Gasteiger partial charge in [-0.25, -0.2) is 0 Å². The summed E-state index contributed by atoms with van der Waals surface area (Å²) in [7, 11) is 0. The van der Waals surface area contributed by atoms with Gasteiger partial charge in [-0.15, -0.1) is 6.42 Å². The maximum atomic E-state index is 12.0. The molecule has 0 bridgehead atoms. The first kappa shape index (κ1) is 13.6. The molecular weight excluding hydrogens is 276 g/mol. The number of nitrogens with zero attached hydrogens (tertiary/aromatic N) is 2. The third kappa shape index (κ3) is 2.08. The van der Waals surface area contributed by atoms with Crippen molar-refractivity contribution in [1.29, 1.82) is 0 Å². The number of hydrogen-bond donors (Lipinski definition) is 4. The number of hydrogen-bond acceptors (Lipinski definition) is 6. The van der Waals surface area contributed by atoms with Crippen molar-refractivity contribution in [2.45, 2.75) is 24.9 Å². The summed E-state index contributed by atoms with van der Waals surface area (Å²) in [4.78, 5) is 18.5. The number of aliphatic hydroxyl groups is 2. The molecule has 1 aliphatic rings. The molecule has 1 fully saturated rings. The van der Waals surface area contributed by atoms with Crippen molar-refractivity contribution in [3.8, 4) is 12.3 Å². The fourth-order valence-corrected chi connectivity index (χ4v) is 2.55. The highest BCUT2D eigenvalue weighted by Gasteiger charge is 2.35. The number of nitrogens with two attached hydrogens (primary N) is 1. The Labute approximate surface area is 119 Å². The molecule has 1 saturated heterocycles. The van der Waals surface area contributed by atoms with Gasteiger partial charge in [-0.2, -0.15) is 4.98 Å². The smallest absolute Gasteiger partial charge is 0.263 e. The van der Waals surface area contributed by atoms with E-state index in [2.05, 4.69) is 15.9 Å². The van der Waals surface area contributed by atoms with Crippen molar-refractivity contribution in [1.82, 2.24) is 14.5 Å². The van der Waals surface area contributed by atoms with Crippen LogP contribution in [0.4, 0.5) is 5.95 Å². The van der Waals surface area contributed by atoms with Gasteiger partial charge in [0.2, 0.25) is 5.95 Å². The highest BCUT2D eigenvalue weighted by atomic mass is 16.5. The number of fused-ring (bicyclic) bond motifs is 1. The van der Waals surface area contributed by atoms with Gasteiger partial charge in [0, 0.05) is 12.6 Å². The van der Waals surface area contributed by atoms with Crippen molar-refractivity contribution < 1.29 is 14.9 Å². The quantitative estimate of drug-likeness (QED) is 0.522. The molecule has 3 unspecified atom stereocenters. The Balaban J connectivity index is 2.16. The largest absolute Gasteiger partial charge is 0.394 e. The topological polar surface area (TPSA) is 126 Å². The minimum Gasteiger partial charge on any atom is -0.394 e. The molecule has 3 atom stereocenters. The van der Waals surface area contributed by atoms with Crippen LogP contribution in [0.3, 0.4) is 0 Å². The lowest BCUT2D eigenvalue weighted by molar-refractivity contribution is -0.0430. The lowest BCUT2D eigenvalue weighted by atomic mass is 10.2. The van der Waals surface area contributed by atoms with Gasteiger partial charge < -0.3 is 25.3 Å². The summed E-state index contributed by atoms with van der Waals surface area (Å²) in [5.74, 6) is 2.39. The van der Waals surface area contributed by atoms with E-state index in [9.17, 15) is 9.90 Å². The molecule has 0 radical (unpaired) electrons. The maximum Gasteiger partial charge on any atom is 0.263 e. The lowest BCUT2D eigenvalue weighted by Gasteiger charge is -2.14. The first-order valence-electron chi connectivity index (χ1n) is 6.36. The van der Waals surface area contributed by atoms with Crippen LogP contribution in [0.2, 0.25) is 0 Å². The SMILES string of the molecule is C#Cc1cn(C2CC(O)C(CO)O2)c2nc(N)[nH]c(=O)c12. The minimum atomic E-state index is -0.800. The molecule has 0 amide bonds. The lowest BCUT2D eigenvalue weighted by Crippen LogP contribution is -2.24. The summed E-state index contributed by atoms with van der Waals surface area (Å²) in [6, 6.07) is 0. The number of anilines is 1. The number of aliphatic hydroxyl groups excluding tert-OH is 2. The van der Waals surface area contributed by atoms with E-state index in [0.29, 0.717) is 11.2 Å². The molecule has 2 aromatic heterocycles. The van der Waals surface area contributed by atoms with E-state index in [1.807, 2.05) is 0 Å². The van der Waals surface area contributed by atoms with Crippen LogP contribution >= 0.6 is 0 Å². The molecule has 3 rings (SSSR count). The van der Waals surface area contributed by atoms with Gasteiger partial charge in [-0.3, -0.25) is 9.78 Å². The van der Waals surface area contributed by atoms with Crippen LogP contribution in [0.25, 0.3) is 11.0 Å². The molecule has 1 aliphatic heterocycles. The number of nitrogen functional groups attached to an aromatic ring is 1. The van der Waals surface area contributed by atoms with Crippen molar-refractivity contribution in [2.24, 2.45) is 0 Å². The number of terminal acetylenes is 1. The molecule has 5 N–H and O–H groups in total. The molecule has 0 aromatic carbocycles. The van der Waals surface area contributed by atoms with Crippen LogP contribution in [-0.2, 0) is 4.74 Å². The molecule has 0 saturated carbocycles. The van der Waals surface area contributed by atoms with Gasteiger partial charge in [-0.1, -0.05) is 5.92 Å². The molecular formula is C13H14N4O4. The molecule has 2 aromatic rings. The molecule has 3 heterocycles. The second-order valence-electron chi connectivity index (χ2n) is 4.86. The van der Waals surface area contributed by atoms with Crippen molar-refractivity contribution in [3.63, 3.8) is 0 Å². The summed E-state index contributed by atoms with van der Waals surface area (Å²) in [6.45, 7) is -0.297. The third-order valence-electron chi connectivity index (χ3n) is 3.55. The second-order valence-corrected chi connectivity index (χ2v) is 4.86. The van der Waals surface area contributed by atoms with E-state index in [-0.39, 0.29) is 24.4 Å². The van der Waals surface area contributed by atoms with Crippen LogP contribution in [0.5, 0.6) is 0 Å². The summed E-state index contributed by atoms with van der Waals surface area (Å²) < 4.78 is 7.12. The van der Waals surface area contributed by atoms with Gasteiger partial charge in [0.1, 0.15) is 12.3 Å². The van der Waals surface area contributed by atoms with E-state index in [1.165, 1.54) is 0 Å². The summed E-state index contributed by atoms with van der Waals surface area (Å²) in [5.41, 5.74) is 5.79. The second kappa shape index (κ2) is 4.89. The van der Waals surface area contributed by atoms with E-state index < -0.39 is 24.0 Å². The van der Waals surface area contributed by atoms with Gasteiger partial charge in [0.25, 0.3) is 5.56 Å². The van der Waals surface area contributed by atoms with Gasteiger partial charge in [0.15, 0.2) is 5.65 Å². The molecule has 8 nitrogen and oxygen atoms in total. The fraction of sp³-hybridized carbons (Fsp3) is 0.385. The summed E-state index contributed by atoms with van der Waals surface area (Å²) in [6.07, 6.45) is 5.17. The predicted molar refractivity (Wildman–Crippen MR) is 74.3 cm³/mol. The Bertz CT molecular complexity index is 788. The molecule has 0 aliphatic carbocycles. The monoisotopic (exact) mass is 290 g/mol. The highest BCUT2D eigenvalue weighted by molar-refractivity contribution is 5.83. The van der Waals surface area contributed by atoms with E-state index in [1.54, 1.807) is 10.8 Å². The van der Waals surface area contributed by atoms with Gasteiger partial charge in [-0.05, 0) is 0 Å². The van der Waals surface area contributed by atoms with Crippen LogP contribution < -0.4 is 11.3 Å². The summed E-state index contributed by atoms with van der Waals surface area (Å²) >= 11 is 0. The Morgan fingerprint density at radius 3 is 3.05 bits per heavy atom. The number of ether oxygens (including phenoxy) is 1. The minimum absolute atomic E-state index is 0.0346. The van der Waals surface area contributed by atoms with E-state index in [4.69, 9.17) is 22.0 Å². The van der Waals surface area contributed by atoms with Crippen LogP contribution in [0.15, 0.2) is 11.0 Å².